The van der Waals surface area contributed by atoms with E-state index in [9.17, 15) is 19.5 Å². The van der Waals surface area contributed by atoms with Gasteiger partial charge in [-0.05, 0) is 83.0 Å². The Balaban J connectivity index is 0.908. The SMILES string of the molecule is COC[C@H]1C[C@@H](c2ncc(-c3ccc4c(c3)COc3cc5c(ccc6nc([C@@H]7C[C@H]8C[C@H]8N7C(=O)[C@H](NC(=O)OC)c7ccccc7)[nH]c65)cc3-4)[nH]2)N(C(=O)[C@@H](NC(O)OC)C(C)C)C1. The third-order valence-corrected chi connectivity index (χ3v) is 13.6. The second kappa shape index (κ2) is 17.2. The van der Waals surface area contributed by atoms with E-state index in [4.69, 9.17) is 28.9 Å². The number of amides is 3. The normalized spacial score (nSPS) is 22.3. The van der Waals surface area contributed by atoms with Crippen molar-refractivity contribution in [2.75, 3.05) is 34.5 Å². The number of nitrogens with zero attached hydrogens (tertiary/aromatic N) is 4. The van der Waals surface area contributed by atoms with Crippen molar-refractivity contribution in [1.82, 2.24) is 40.4 Å². The maximum atomic E-state index is 14.4. The molecule has 4 aliphatic rings. The van der Waals surface area contributed by atoms with Crippen molar-refractivity contribution < 1.29 is 38.4 Å². The maximum Gasteiger partial charge on any atom is 0.407 e. The van der Waals surface area contributed by atoms with E-state index in [1.165, 1.54) is 14.2 Å². The van der Waals surface area contributed by atoms with Crippen LogP contribution in [-0.2, 0) is 30.4 Å². The maximum absolute atomic E-state index is 14.4. The number of carbonyl (C=O) groups excluding carboxylic acids is 3. The van der Waals surface area contributed by atoms with Crippen LogP contribution in [-0.4, -0.2) is 106 Å². The molecule has 0 spiro atoms. The summed E-state index contributed by atoms with van der Waals surface area (Å²) >= 11 is 0. The monoisotopic (exact) mass is 882 g/mol. The molecule has 3 amide bonds. The van der Waals surface area contributed by atoms with E-state index in [0.29, 0.717) is 43.5 Å². The van der Waals surface area contributed by atoms with Gasteiger partial charge in [-0.3, -0.25) is 14.9 Å². The molecule has 3 aliphatic heterocycles. The van der Waals surface area contributed by atoms with Crippen LogP contribution in [0.15, 0.2) is 79.0 Å². The fraction of sp³-hybridized carbons (Fsp3) is 0.408. The van der Waals surface area contributed by atoms with Gasteiger partial charge in [-0.1, -0.05) is 62.4 Å². The van der Waals surface area contributed by atoms with Gasteiger partial charge in [-0.15, -0.1) is 0 Å². The highest BCUT2D eigenvalue weighted by atomic mass is 16.6. The van der Waals surface area contributed by atoms with E-state index in [1.54, 1.807) is 7.11 Å². The van der Waals surface area contributed by atoms with Gasteiger partial charge in [0.2, 0.25) is 12.3 Å². The average molecular weight is 883 g/mol. The summed E-state index contributed by atoms with van der Waals surface area (Å²) in [4.78, 5) is 61.6. The number of H-pyrrole nitrogens is 2. The Hall–Kier alpha value is -6.33. The highest BCUT2D eigenvalue weighted by Gasteiger charge is 2.56. The number of ether oxygens (including phenoxy) is 4. The third-order valence-electron chi connectivity index (χ3n) is 13.6. The average Bonchev–Trinajstić information content (AvgIpc) is 3.79. The molecule has 16 nitrogen and oxygen atoms in total. The van der Waals surface area contributed by atoms with Crippen LogP contribution < -0.4 is 15.4 Å². The molecule has 1 aliphatic carbocycles. The van der Waals surface area contributed by atoms with Crippen LogP contribution in [0, 0.1) is 17.8 Å². The van der Waals surface area contributed by atoms with Crippen molar-refractivity contribution in [3.05, 3.63) is 102 Å². The zero-order chi connectivity index (χ0) is 45.1. The number of rotatable bonds is 13. The number of imidazole rings is 2. The Kier molecular flexibility index (Phi) is 11.3. The van der Waals surface area contributed by atoms with Gasteiger partial charge in [0.15, 0.2) is 0 Å². The number of alkyl carbamates (subject to hydrolysis) is 1. The molecular formula is C49H54N8O8. The van der Waals surface area contributed by atoms with Crippen LogP contribution in [0.1, 0.15) is 74.0 Å². The number of piperidine rings is 1. The minimum absolute atomic E-state index is 0.0880. The van der Waals surface area contributed by atoms with Crippen LogP contribution in [0.2, 0.25) is 0 Å². The molecule has 2 aromatic heterocycles. The van der Waals surface area contributed by atoms with Crippen molar-refractivity contribution in [2.45, 2.75) is 76.3 Å². The van der Waals surface area contributed by atoms with Gasteiger partial charge in [0, 0.05) is 43.7 Å². The summed E-state index contributed by atoms with van der Waals surface area (Å²) in [5, 5.41) is 17.9. The lowest BCUT2D eigenvalue weighted by atomic mass is 9.92. The van der Waals surface area contributed by atoms with Crippen LogP contribution >= 0.6 is 0 Å². The Morgan fingerprint density at radius 2 is 1.75 bits per heavy atom. The third kappa shape index (κ3) is 7.87. The molecule has 16 heteroatoms. The predicted molar refractivity (Wildman–Crippen MR) is 241 cm³/mol. The number of methoxy groups -OCH3 is 3. The first-order chi connectivity index (χ1) is 31.5. The first-order valence-electron chi connectivity index (χ1n) is 22.3. The number of aromatic amines is 2. The Morgan fingerprint density at radius 1 is 0.923 bits per heavy atom. The van der Waals surface area contributed by atoms with Gasteiger partial charge in [0.1, 0.15) is 30.0 Å². The van der Waals surface area contributed by atoms with Crippen molar-refractivity contribution in [3.63, 3.8) is 0 Å². The van der Waals surface area contributed by atoms with E-state index in [-0.39, 0.29) is 41.8 Å². The summed E-state index contributed by atoms with van der Waals surface area (Å²) in [7, 11) is 4.35. The molecule has 6 aromatic rings. The van der Waals surface area contributed by atoms with Gasteiger partial charge in [0.05, 0.1) is 54.8 Å². The molecule has 65 heavy (non-hydrogen) atoms. The van der Waals surface area contributed by atoms with E-state index in [2.05, 4.69) is 57.0 Å². The largest absolute Gasteiger partial charge is 0.488 e. The first-order valence-corrected chi connectivity index (χ1v) is 22.3. The smallest absolute Gasteiger partial charge is 0.407 e. The summed E-state index contributed by atoms with van der Waals surface area (Å²) in [6.07, 6.45) is 2.28. The number of hydrogen-bond acceptors (Lipinski definition) is 11. The van der Waals surface area contributed by atoms with E-state index in [0.717, 1.165) is 74.2 Å². The molecule has 4 aromatic carbocycles. The molecule has 1 unspecified atom stereocenters. The van der Waals surface area contributed by atoms with Crippen molar-refractivity contribution in [2.24, 2.45) is 17.8 Å². The summed E-state index contributed by atoms with van der Waals surface area (Å²) in [5.74, 6) is 2.28. The second-order valence-corrected chi connectivity index (χ2v) is 18.1. The first kappa shape index (κ1) is 42.6. The number of fused-ring (bicyclic) bond motifs is 7. The molecule has 0 radical (unpaired) electrons. The molecule has 8 atom stereocenters. The number of hydrogen-bond donors (Lipinski definition) is 5. The second-order valence-electron chi connectivity index (χ2n) is 18.1. The van der Waals surface area contributed by atoms with Gasteiger partial charge in [0.25, 0.3) is 5.91 Å². The quantitative estimate of drug-likeness (QED) is 0.0795. The van der Waals surface area contributed by atoms with Crippen molar-refractivity contribution in [1.29, 1.82) is 0 Å². The van der Waals surface area contributed by atoms with E-state index >= 15 is 0 Å². The zero-order valence-electron chi connectivity index (χ0n) is 37.0. The van der Waals surface area contributed by atoms with Crippen molar-refractivity contribution >= 4 is 39.7 Å². The van der Waals surface area contributed by atoms with Gasteiger partial charge < -0.3 is 49.1 Å². The van der Waals surface area contributed by atoms with Crippen LogP contribution in [0.5, 0.6) is 5.75 Å². The molecule has 1 saturated carbocycles. The lowest BCUT2D eigenvalue weighted by Gasteiger charge is -2.31. The topological polar surface area (TPSA) is 196 Å². The Morgan fingerprint density at radius 3 is 2.52 bits per heavy atom. The van der Waals surface area contributed by atoms with Crippen LogP contribution in [0.25, 0.3) is 44.2 Å². The molecule has 5 heterocycles. The summed E-state index contributed by atoms with van der Waals surface area (Å²) in [6.45, 7) is 5.26. The number of benzene rings is 4. The van der Waals surface area contributed by atoms with Gasteiger partial charge in [-0.2, -0.15) is 0 Å². The van der Waals surface area contributed by atoms with Crippen LogP contribution in [0.3, 0.4) is 0 Å². The molecular weight excluding hydrogens is 829 g/mol. The summed E-state index contributed by atoms with van der Waals surface area (Å²) in [5.41, 5.74) is 7.25. The lowest BCUT2D eigenvalue weighted by Crippen LogP contribution is -2.53. The standard InChI is InChI=1S/C49H54N8O8/c1-25(2)41(54-48(60)63-4)46(58)56-22-26(23-62-3)15-38(56)44-50-21-36(52-44)29-11-13-32-31(16-29)24-65-40-20-33-28(17-34(32)40)12-14-35-43(33)53-45(51-35)39-19-30-18-37(30)57(39)47(59)42(55-49(61)64-5)27-9-7-6-8-10-27/h6-14,16-17,20-21,25-26,30,37-39,41-42,48,54,60H,15,18-19,22-24H2,1-5H3,(H,50,52)(H,51,53)(H,55,61)/t26-,30+,37+,38-,39-,41-,42+,48?/m0/s1. The fourth-order valence-electron chi connectivity index (χ4n) is 10.3. The predicted octanol–water partition coefficient (Wildman–Crippen LogP) is 6.50. The Labute approximate surface area is 376 Å². The fourth-order valence-corrected chi connectivity index (χ4v) is 10.3. The van der Waals surface area contributed by atoms with E-state index in [1.807, 2.05) is 66.2 Å². The Bertz CT molecular complexity index is 2770. The molecule has 338 valence electrons. The number of carbonyl (C=O) groups is 3. The number of nitrogens with one attached hydrogen (secondary N) is 4. The molecule has 3 fully saturated rings. The zero-order valence-corrected chi connectivity index (χ0v) is 37.0. The highest BCUT2D eigenvalue weighted by Crippen LogP contribution is 2.54. The molecule has 5 N–H and O–H groups in total. The van der Waals surface area contributed by atoms with E-state index < -0.39 is 24.6 Å². The van der Waals surface area contributed by atoms with Crippen molar-refractivity contribution in [3.8, 4) is 28.1 Å². The number of aromatic nitrogens is 4. The number of likely N-dealkylation sites (tertiary alicyclic amines) is 2. The highest BCUT2D eigenvalue weighted by molar-refractivity contribution is 6.07. The summed E-state index contributed by atoms with van der Waals surface area (Å²) in [6, 6.07) is 21.9. The minimum Gasteiger partial charge on any atom is -0.488 e. The minimum atomic E-state index is -1.27. The molecule has 10 rings (SSSR count). The summed E-state index contributed by atoms with van der Waals surface area (Å²) < 4.78 is 21.9. The lowest BCUT2D eigenvalue weighted by molar-refractivity contribution is -0.145. The molecule has 2 saturated heterocycles. The molecule has 0 bridgehead atoms. The van der Waals surface area contributed by atoms with Gasteiger partial charge >= 0.3 is 6.09 Å². The van der Waals surface area contributed by atoms with Crippen LogP contribution in [0.4, 0.5) is 4.79 Å². The van der Waals surface area contributed by atoms with Gasteiger partial charge in [-0.25, -0.2) is 14.8 Å². The number of aliphatic hydroxyl groups is 1. The number of aliphatic hydroxyl groups excluding tert-OH is 1.